The molecule has 1 saturated carbocycles. The van der Waals surface area contributed by atoms with Crippen LogP contribution in [0.4, 0.5) is 0 Å². The summed E-state index contributed by atoms with van der Waals surface area (Å²) in [5, 5.41) is 13.3. The Balaban J connectivity index is 1.91. The van der Waals surface area contributed by atoms with Gasteiger partial charge in [-0.15, -0.1) is 0 Å². The lowest BCUT2D eigenvalue weighted by molar-refractivity contribution is -0.154. The van der Waals surface area contributed by atoms with Gasteiger partial charge in [-0.25, -0.2) is 0 Å². The first-order chi connectivity index (χ1) is 10.3. The van der Waals surface area contributed by atoms with Crippen LogP contribution in [-0.4, -0.2) is 59.4 Å². The highest BCUT2D eigenvalue weighted by Gasteiger charge is 2.37. The van der Waals surface area contributed by atoms with Crippen molar-refractivity contribution in [3.05, 3.63) is 0 Å². The Hall–Kier alpha value is -0.650. The van der Waals surface area contributed by atoms with E-state index in [9.17, 15) is 9.90 Å². The Morgan fingerprint density at radius 3 is 2.41 bits per heavy atom. The van der Waals surface area contributed by atoms with Crippen LogP contribution >= 0.6 is 0 Å². The molecule has 0 unspecified atom stereocenters. The van der Waals surface area contributed by atoms with Crippen molar-refractivity contribution >= 4 is 5.97 Å². The van der Waals surface area contributed by atoms with Crippen LogP contribution in [0.3, 0.4) is 0 Å². The largest absolute Gasteiger partial charge is 0.459 e. The number of nitrogens with zero attached hydrogens (tertiary/aromatic N) is 1. The summed E-state index contributed by atoms with van der Waals surface area (Å²) in [6.45, 7) is 9.20. The van der Waals surface area contributed by atoms with E-state index < -0.39 is 5.60 Å². The van der Waals surface area contributed by atoms with Gasteiger partial charge in [0.25, 0.3) is 0 Å². The fourth-order valence-electron chi connectivity index (χ4n) is 3.55. The molecular weight excluding hydrogens is 280 g/mol. The second-order valence-electron chi connectivity index (χ2n) is 7.93. The molecule has 2 aliphatic rings. The number of carbonyl (C=O) groups is 1. The normalized spacial score (nSPS) is 30.5. The second-order valence-corrected chi connectivity index (χ2v) is 7.93. The van der Waals surface area contributed by atoms with Crippen molar-refractivity contribution in [2.24, 2.45) is 0 Å². The quantitative estimate of drug-likeness (QED) is 0.757. The van der Waals surface area contributed by atoms with Crippen molar-refractivity contribution in [3.8, 4) is 0 Å². The smallest absolute Gasteiger partial charge is 0.320 e. The van der Waals surface area contributed by atoms with Crippen LogP contribution in [0.5, 0.6) is 0 Å². The van der Waals surface area contributed by atoms with E-state index in [0.29, 0.717) is 0 Å². The van der Waals surface area contributed by atoms with Crippen LogP contribution in [0, 0.1) is 0 Å². The molecule has 0 bridgehead atoms. The van der Waals surface area contributed by atoms with Gasteiger partial charge in [0.1, 0.15) is 5.60 Å². The third-order valence-electron chi connectivity index (χ3n) is 4.66. The average Bonchev–Trinajstić information content (AvgIpc) is 2.91. The van der Waals surface area contributed by atoms with Crippen molar-refractivity contribution in [3.63, 3.8) is 0 Å². The van der Waals surface area contributed by atoms with Gasteiger partial charge in [0, 0.05) is 12.1 Å². The van der Waals surface area contributed by atoms with Crippen LogP contribution in [-0.2, 0) is 9.53 Å². The first-order valence-electron chi connectivity index (χ1n) is 8.65. The van der Waals surface area contributed by atoms with E-state index in [1.807, 2.05) is 20.8 Å². The number of aliphatic hydroxyl groups is 1. The summed E-state index contributed by atoms with van der Waals surface area (Å²) in [5.41, 5.74) is -0.496. The van der Waals surface area contributed by atoms with Gasteiger partial charge in [0.05, 0.1) is 12.6 Å². The fourth-order valence-corrected chi connectivity index (χ4v) is 3.55. The lowest BCUT2D eigenvalue weighted by atomic mass is 9.80. The summed E-state index contributed by atoms with van der Waals surface area (Å²) < 4.78 is 5.40. The Morgan fingerprint density at radius 1 is 1.27 bits per heavy atom. The molecule has 0 atom stereocenters. The molecular formula is C17H32N2O3. The molecule has 0 spiro atoms. The summed E-state index contributed by atoms with van der Waals surface area (Å²) in [5.74, 6) is -0.195. The van der Waals surface area contributed by atoms with Crippen LogP contribution in [0.2, 0.25) is 0 Å². The molecule has 0 aromatic carbocycles. The highest BCUT2D eigenvalue weighted by atomic mass is 16.6. The van der Waals surface area contributed by atoms with Crippen molar-refractivity contribution in [1.29, 1.82) is 0 Å². The van der Waals surface area contributed by atoms with E-state index >= 15 is 0 Å². The van der Waals surface area contributed by atoms with Gasteiger partial charge in [0.15, 0.2) is 0 Å². The van der Waals surface area contributed by atoms with Gasteiger partial charge in [-0.1, -0.05) is 0 Å². The molecule has 22 heavy (non-hydrogen) atoms. The minimum atomic E-state index is -0.441. The van der Waals surface area contributed by atoms with Gasteiger partial charge in [-0.05, 0) is 72.4 Å². The van der Waals surface area contributed by atoms with Crippen LogP contribution in [0.1, 0.15) is 59.3 Å². The number of hydrogen-bond donors (Lipinski definition) is 2. The molecule has 0 amide bonds. The summed E-state index contributed by atoms with van der Waals surface area (Å²) in [4.78, 5) is 14.5. The SMILES string of the molecule is CC(C)(C)OC(=O)CNC1(CN2CCCC2)CCC(O)CC1. The number of hydrogen-bond acceptors (Lipinski definition) is 5. The van der Waals surface area contributed by atoms with Crippen LogP contribution < -0.4 is 5.32 Å². The number of esters is 1. The maximum absolute atomic E-state index is 12.0. The van der Waals surface area contributed by atoms with E-state index in [-0.39, 0.29) is 24.2 Å². The second kappa shape index (κ2) is 7.28. The zero-order valence-corrected chi connectivity index (χ0v) is 14.4. The number of nitrogens with one attached hydrogen (secondary N) is 1. The Kier molecular flexibility index (Phi) is 5.86. The average molecular weight is 312 g/mol. The predicted octanol–water partition coefficient (Wildman–Crippen LogP) is 1.69. The topological polar surface area (TPSA) is 61.8 Å². The standard InChI is InChI=1S/C17H32N2O3/c1-16(2,3)22-15(21)12-18-17(8-6-14(20)7-9-17)13-19-10-4-5-11-19/h14,18,20H,4-13H2,1-3H3. The van der Waals surface area contributed by atoms with Crippen molar-refractivity contribution in [1.82, 2.24) is 10.2 Å². The van der Waals surface area contributed by atoms with E-state index in [1.54, 1.807) is 0 Å². The zero-order valence-electron chi connectivity index (χ0n) is 14.4. The Morgan fingerprint density at radius 2 is 1.86 bits per heavy atom. The van der Waals surface area contributed by atoms with Crippen LogP contribution in [0.15, 0.2) is 0 Å². The summed E-state index contributed by atoms with van der Waals surface area (Å²) in [6.07, 6.45) is 5.83. The number of ether oxygens (including phenoxy) is 1. The molecule has 5 heteroatoms. The van der Waals surface area contributed by atoms with Gasteiger partial charge in [-0.3, -0.25) is 4.79 Å². The highest BCUT2D eigenvalue weighted by Crippen LogP contribution is 2.30. The van der Waals surface area contributed by atoms with Crippen molar-refractivity contribution < 1.29 is 14.6 Å². The maximum atomic E-state index is 12.0. The predicted molar refractivity (Wildman–Crippen MR) is 86.7 cm³/mol. The Labute approximate surface area is 134 Å². The first-order valence-corrected chi connectivity index (χ1v) is 8.65. The molecule has 0 radical (unpaired) electrons. The third kappa shape index (κ3) is 5.52. The summed E-state index contributed by atoms with van der Waals surface area (Å²) >= 11 is 0. The minimum Gasteiger partial charge on any atom is -0.459 e. The maximum Gasteiger partial charge on any atom is 0.320 e. The molecule has 128 valence electrons. The molecule has 2 rings (SSSR count). The highest BCUT2D eigenvalue weighted by molar-refractivity contribution is 5.72. The third-order valence-corrected chi connectivity index (χ3v) is 4.66. The lowest BCUT2D eigenvalue weighted by Crippen LogP contribution is -2.57. The fraction of sp³-hybridized carbons (Fsp3) is 0.941. The molecule has 1 aliphatic heterocycles. The Bertz CT molecular complexity index is 365. The van der Waals surface area contributed by atoms with Gasteiger partial charge in [-0.2, -0.15) is 0 Å². The van der Waals surface area contributed by atoms with Gasteiger partial charge >= 0.3 is 5.97 Å². The number of rotatable bonds is 5. The van der Waals surface area contributed by atoms with E-state index in [1.165, 1.54) is 12.8 Å². The van der Waals surface area contributed by atoms with E-state index in [0.717, 1.165) is 45.3 Å². The first kappa shape index (κ1) is 17.7. The summed E-state index contributed by atoms with van der Waals surface area (Å²) in [6, 6.07) is 0. The number of aliphatic hydroxyl groups excluding tert-OH is 1. The van der Waals surface area contributed by atoms with Gasteiger partial charge in [0.2, 0.25) is 0 Å². The number of likely N-dealkylation sites (tertiary alicyclic amines) is 1. The van der Waals surface area contributed by atoms with Gasteiger partial charge < -0.3 is 20.1 Å². The summed E-state index contributed by atoms with van der Waals surface area (Å²) in [7, 11) is 0. The molecule has 1 heterocycles. The van der Waals surface area contributed by atoms with Crippen LogP contribution in [0.25, 0.3) is 0 Å². The number of carbonyl (C=O) groups excluding carboxylic acids is 1. The van der Waals surface area contributed by atoms with E-state index in [2.05, 4.69) is 10.2 Å². The molecule has 0 aromatic heterocycles. The van der Waals surface area contributed by atoms with E-state index in [4.69, 9.17) is 4.74 Å². The molecule has 2 N–H and O–H groups in total. The lowest BCUT2D eigenvalue weighted by Gasteiger charge is -2.42. The monoisotopic (exact) mass is 312 g/mol. The molecule has 5 nitrogen and oxygen atoms in total. The molecule has 0 aromatic rings. The molecule has 1 aliphatic carbocycles. The molecule has 1 saturated heterocycles. The molecule has 2 fully saturated rings. The zero-order chi connectivity index (χ0) is 16.2. The van der Waals surface area contributed by atoms with Crippen molar-refractivity contribution in [2.75, 3.05) is 26.2 Å². The minimum absolute atomic E-state index is 0.0551. The van der Waals surface area contributed by atoms with Crippen molar-refractivity contribution in [2.45, 2.75) is 76.5 Å².